The van der Waals surface area contributed by atoms with Crippen molar-refractivity contribution >= 4 is 11.3 Å². The minimum Gasteiger partial charge on any atom is -0.486 e. The number of aromatic nitrogens is 1. The molecule has 1 aromatic heterocycles. The third-order valence-electron chi connectivity index (χ3n) is 5.52. The van der Waals surface area contributed by atoms with Gasteiger partial charge in [0.05, 0.1) is 0 Å². The minimum atomic E-state index is 0.442. The van der Waals surface area contributed by atoms with E-state index in [-0.39, 0.29) is 0 Å². The van der Waals surface area contributed by atoms with Crippen molar-refractivity contribution in [2.45, 2.75) is 32.4 Å². The van der Waals surface area contributed by atoms with E-state index in [1.807, 2.05) is 6.20 Å². The normalized spacial score (nSPS) is 19.1. The SMILES string of the molecule is Cc1cnc(-c2ccc(CN3CCC[C@@H]3c3ccc4c(c3)OCCO4)cc2)s1. The zero-order valence-electron chi connectivity index (χ0n) is 16.1. The standard InChI is InChI=1S/C23H24N2O2S/c1-16-14-24-23(28-16)18-6-4-17(5-7-18)15-25-10-2-3-20(25)19-8-9-21-22(13-19)27-12-11-26-21/h4-9,13-14,20H,2-3,10-12,15H2,1H3/t20-/m1/s1. The number of nitrogens with zero attached hydrogens (tertiary/aromatic N) is 2. The summed E-state index contributed by atoms with van der Waals surface area (Å²) in [6.07, 6.45) is 4.36. The molecule has 0 radical (unpaired) electrons. The number of likely N-dealkylation sites (tertiary alicyclic amines) is 1. The van der Waals surface area contributed by atoms with Gasteiger partial charge in [0.25, 0.3) is 0 Å². The van der Waals surface area contributed by atoms with E-state index >= 15 is 0 Å². The van der Waals surface area contributed by atoms with Gasteiger partial charge >= 0.3 is 0 Å². The average molecular weight is 393 g/mol. The second-order valence-electron chi connectivity index (χ2n) is 7.50. The monoisotopic (exact) mass is 392 g/mol. The van der Waals surface area contributed by atoms with E-state index in [9.17, 15) is 0 Å². The molecule has 1 saturated heterocycles. The Morgan fingerprint density at radius 1 is 1.07 bits per heavy atom. The number of fused-ring (bicyclic) bond motifs is 1. The van der Waals surface area contributed by atoms with Crippen molar-refractivity contribution in [2.75, 3.05) is 19.8 Å². The van der Waals surface area contributed by atoms with Gasteiger partial charge < -0.3 is 9.47 Å². The van der Waals surface area contributed by atoms with Crippen molar-refractivity contribution in [1.82, 2.24) is 9.88 Å². The summed E-state index contributed by atoms with van der Waals surface area (Å²) in [5.41, 5.74) is 3.88. The highest BCUT2D eigenvalue weighted by molar-refractivity contribution is 7.14. The van der Waals surface area contributed by atoms with E-state index in [2.05, 4.69) is 59.3 Å². The summed E-state index contributed by atoms with van der Waals surface area (Å²) < 4.78 is 11.5. The lowest BCUT2D eigenvalue weighted by Crippen LogP contribution is -2.23. The molecule has 5 rings (SSSR count). The highest BCUT2D eigenvalue weighted by Crippen LogP contribution is 2.38. The number of hydrogen-bond acceptors (Lipinski definition) is 5. The fourth-order valence-electron chi connectivity index (χ4n) is 4.14. The van der Waals surface area contributed by atoms with Gasteiger partial charge in [-0.2, -0.15) is 0 Å². The first-order chi connectivity index (χ1) is 13.8. The molecule has 144 valence electrons. The van der Waals surface area contributed by atoms with Crippen molar-refractivity contribution in [1.29, 1.82) is 0 Å². The molecular formula is C23H24N2O2S. The van der Waals surface area contributed by atoms with Crippen LogP contribution in [0, 0.1) is 6.92 Å². The van der Waals surface area contributed by atoms with Crippen LogP contribution in [-0.2, 0) is 6.54 Å². The molecule has 0 spiro atoms. The number of hydrogen-bond donors (Lipinski definition) is 0. The minimum absolute atomic E-state index is 0.442. The van der Waals surface area contributed by atoms with Gasteiger partial charge in [0.2, 0.25) is 0 Å². The highest BCUT2D eigenvalue weighted by atomic mass is 32.1. The molecule has 0 bridgehead atoms. The van der Waals surface area contributed by atoms with Gasteiger partial charge in [0, 0.05) is 29.2 Å². The van der Waals surface area contributed by atoms with Crippen LogP contribution in [0.5, 0.6) is 11.5 Å². The van der Waals surface area contributed by atoms with Crippen molar-refractivity contribution in [3.8, 4) is 22.1 Å². The Hall–Kier alpha value is -2.37. The molecule has 0 unspecified atom stereocenters. The molecule has 28 heavy (non-hydrogen) atoms. The molecule has 5 heteroatoms. The molecule has 0 N–H and O–H groups in total. The highest BCUT2D eigenvalue weighted by Gasteiger charge is 2.27. The van der Waals surface area contributed by atoms with Crippen molar-refractivity contribution in [3.05, 3.63) is 64.7 Å². The van der Waals surface area contributed by atoms with Gasteiger partial charge in [0.15, 0.2) is 11.5 Å². The van der Waals surface area contributed by atoms with Crippen LogP contribution in [0.1, 0.15) is 34.9 Å². The van der Waals surface area contributed by atoms with E-state index in [0.717, 1.165) is 29.6 Å². The Labute approximate surface area is 169 Å². The summed E-state index contributed by atoms with van der Waals surface area (Å²) in [6.45, 7) is 5.47. The predicted octanol–water partition coefficient (Wildman–Crippen LogP) is 5.23. The first kappa shape index (κ1) is 17.7. The predicted molar refractivity (Wildman–Crippen MR) is 112 cm³/mol. The van der Waals surface area contributed by atoms with Crippen molar-refractivity contribution in [2.24, 2.45) is 0 Å². The molecule has 4 nitrogen and oxygen atoms in total. The Bertz CT molecular complexity index is 967. The van der Waals surface area contributed by atoms with Gasteiger partial charge in [-0.25, -0.2) is 4.98 Å². The number of ether oxygens (including phenoxy) is 2. The molecule has 1 fully saturated rings. The lowest BCUT2D eigenvalue weighted by atomic mass is 10.0. The first-order valence-electron chi connectivity index (χ1n) is 9.91. The Balaban J connectivity index is 1.32. The van der Waals surface area contributed by atoms with Crippen LogP contribution in [0.2, 0.25) is 0 Å². The molecule has 2 aliphatic rings. The van der Waals surface area contributed by atoms with Crippen LogP contribution in [0.3, 0.4) is 0 Å². The van der Waals surface area contributed by atoms with Gasteiger partial charge in [0.1, 0.15) is 18.2 Å². The van der Waals surface area contributed by atoms with E-state index in [0.29, 0.717) is 19.3 Å². The number of benzene rings is 2. The van der Waals surface area contributed by atoms with Crippen LogP contribution in [0.4, 0.5) is 0 Å². The number of thiazole rings is 1. The maximum atomic E-state index is 5.79. The molecule has 2 aliphatic heterocycles. The third-order valence-corrected chi connectivity index (χ3v) is 6.48. The van der Waals surface area contributed by atoms with E-state index in [1.165, 1.54) is 34.4 Å². The Kier molecular flexibility index (Phi) is 4.79. The molecule has 0 aliphatic carbocycles. The lowest BCUT2D eigenvalue weighted by Gasteiger charge is -2.26. The van der Waals surface area contributed by atoms with Crippen LogP contribution >= 0.6 is 11.3 Å². The first-order valence-corrected chi connectivity index (χ1v) is 10.7. The van der Waals surface area contributed by atoms with Crippen LogP contribution in [0.25, 0.3) is 10.6 Å². The number of aryl methyl sites for hydroxylation is 1. The molecular weight excluding hydrogens is 368 g/mol. The van der Waals surface area contributed by atoms with Crippen molar-refractivity contribution in [3.63, 3.8) is 0 Å². The quantitative estimate of drug-likeness (QED) is 0.609. The largest absolute Gasteiger partial charge is 0.486 e. The van der Waals surface area contributed by atoms with Crippen LogP contribution in [-0.4, -0.2) is 29.6 Å². The Morgan fingerprint density at radius 3 is 2.68 bits per heavy atom. The van der Waals surface area contributed by atoms with Crippen LogP contribution in [0.15, 0.2) is 48.7 Å². The molecule has 1 atom stereocenters. The molecule has 3 aromatic rings. The van der Waals surface area contributed by atoms with E-state index in [1.54, 1.807) is 11.3 Å². The topological polar surface area (TPSA) is 34.6 Å². The zero-order valence-corrected chi connectivity index (χ0v) is 16.9. The molecule has 2 aromatic carbocycles. The smallest absolute Gasteiger partial charge is 0.161 e. The summed E-state index contributed by atoms with van der Waals surface area (Å²) in [5, 5.41) is 1.10. The summed E-state index contributed by atoms with van der Waals surface area (Å²) in [6, 6.07) is 15.8. The summed E-state index contributed by atoms with van der Waals surface area (Å²) in [7, 11) is 0. The molecule has 0 amide bonds. The maximum Gasteiger partial charge on any atom is 0.161 e. The Morgan fingerprint density at radius 2 is 1.89 bits per heavy atom. The summed E-state index contributed by atoms with van der Waals surface area (Å²) >= 11 is 1.74. The zero-order chi connectivity index (χ0) is 18.9. The second-order valence-corrected chi connectivity index (χ2v) is 8.74. The average Bonchev–Trinajstić information content (AvgIpc) is 3.37. The lowest BCUT2D eigenvalue weighted by molar-refractivity contribution is 0.170. The summed E-state index contributed by atoms with van der Waals surface area (Å²) in [4.78, 5) is 8.32. The molecule has 3 heterocycles. The fraction of sp³-hybridized carbons (Fsp3) is 0.348. The second kappa shape index (κ2) is 7.57. The van der Waals surface area contributed by atoms with Gasteiger partial charge in [-0.1, -0.05) is 30.3 Å². The van der Waals surface area contributed by atoms with Crippen molar-refractivity contribution < 1.29 is 9.47 Å². The third kappa shape index (κ3) is 3.52. The van der Waals surface area contributed by atoms with E-state index < -0.39 is 0 Å². The number of rotatable bonds is 4. The fourth-order valence-corrected chi connectivity index (χ4v) is 4.91. The molecule has 0 saturated carbocycles. The van der Waals surface area contributed by atoms with E-state index in [4.69, 9.17) is 9.47 Å². The van der Waals surface area contributed by atoms with Gasteiger partial charge in [-0.05, 0) is 49.6 Å². The van der Waals surface area contributed by atoms with Crippen LogP contribution < -0.4 is 9.47 Å². The maximum absolute atomic E-state index is 5.79. The van der Waals surface area contributed by atoms with Gasteiger partial charge in [-0.15, -0.1) is 11.3 Å². The van der Waals surface area contributed by atoms with Gasteiger partial charge in [-0.3, -0.25) is 4.90 Å². The summed E-state index contributed by atoms with van der Waals surface area (Å²) in [5.74, 6) is 1.76.